The summed E-state index contributed by atoms with van der Waals surface area (Å²) in [6.07, 6.45) is 0. The van der Waals surface area contributed by atoms with E-state index in [2.05, 4.69) is 10.0 Å². The zero-order valence-electron chi connectivity index (χ0n) is 15.5. The topological polar surface area (TPSA) is 135 Å². The lowest BCUT2D eigenvalue weighted by atomic mass is 10.2. The fourth-order valence-corrected chi connectivity index (χ4v) is 4.11. The summed E-state index contributed by atoms with van der Waals surface area (Å²) >= 11 is 0. The van der Waals surface area contributed by atoms with E-state index >= 15 is 0 Å². The number of carbonyl (C=O) groups is 1. The van der Waals surface area contributed by atoms with Crippen LogP contribution in [0.25, 0.3) is 0 Å². The van der Waals surface area contributed by atoms with Gasteiger partial charge in [0.15, 0.2) is 0 Å². The van der Waals surface area contributed by atoms with Gasteiger partial charge in [-0.05, 0) is 54.6 Å². The highest BCUT2D eigenvalue weighted by atomic mass is 32.2. The molecule has 0 atom stereocenters. The van der Waals surface area contributed by atoms with Gasteiger partial charge in [-0.1, -0.05) is 12.1 Å². The average molecular weight is 467 g/mol. The van der Waals surface area contributed by atoms with E-state index in [-0.39, 0.29) is 21.8 Å². The number of hydrogen-bond acceptors (Lipinski definition) is 5. The van der Waals surface area contributed by atoms with Gasteiger partial charge in [0.05, 0.1) is 21.0 Å². The van der Waals surface area contributed by atoms with Gasteiger partial charge in [0, 0.05) is 5.69 Å². The number of hydrogen-bond donors (Lipinski definition) is 3. The minimum atomic E-state index is -4.23. The van der Waals surface area contributed by atoms with Gasteiger partial charge in [0.25, 0.3) is 15.9 Å². The van der Waals surface area contributed by atoms with Crippen molar-refractivity contribution in [2.24, 2.45) is 5.14 Å². The summed E-state index contributed by atoms with van der Waals surface area (Å²) in [5.41, 5.74) is -0.627. The zero-order chi connectivity index (χ0) is 22.8. The quantitative estimate of drug-likeness (QED) is 0.512. The molecule has 3 aromatic carbocycles. The fraction of sp³-hybridized carbons (Fsp3) is 0. The standard InChI is InChI=1S/C19H15F2N3O5S2/c20-16-4-2-1-3-15(16)19(25)23-18-10-9-14(11-17(18)21)31(28,29)24-12-5-7-13(8-6-12)30(22,26)27/h1-11,24H,(H,23,25)(H2,22,26,27). The van der Waals surface area contributed by atoms with Crippen LogP contribution in [-0.4, -0.2) is 22.7 Å². The van der Waals surface area contributed by atoms with E-state index in [0.717, 1.165) is 30.3 Å². The number of nitrogens with one attached hydrogen (secondary N) is 2. The van der Waals surface area contributed by atoms with Crippen LogP contribution in [0.2, 0.25) is 0 Å². The van der Waals surface area contributed by atoms with Gasteiger partial charge in [-0.3, -0.25) is 9.52 Å². The average Bonchev–Trinajstić information content (AvgIpc) is 2.69. The molecule has 3 rings (SSSR count). The fourth-order valence-electron chi connectivity index (χ4n) is 2.53. The lowest BCUT2D eigenvalue weighted by Gasteiger charge is -2.11. The summed E-state index contributed by atoms with van der Waals surface area (Å²) in [5, 5.41) is 7.16. The van der Waals surface area contributed by atoms with Crippen molar-refractivity contribution in [1.82, 2.24) is 0 Å². The van der Waals surface area contributed by atoms with Crippen molar-refractivity contribution in [2.75, 3.05) is 10.0 Å². The highest BCUT2D eigenvalue weighted by Gasteiger charge is 2.19. The molecule has 0 aromatic heterocycles. The first-order chi connectivity index (χ1) is 14.5. The molecule has 8 nitrogen and oxygen atoms in total. The normalized spacial score (nSPS) is 11.7. The third-order valence-electron chi connectivity index (χ3n) is 4.05. The zero-order valence-corrected chi connectivity index (χ0v) is 17.2. The summed E-state index contributed by atoms with van der Waals surface area (Å²) in [6.45, 7) is 0. The minimum absolute atomic E-state index is 0.0183. The van der Waals surface area contributed by atoms with Crippen molar-refractivity contribution in [3.63, 3.8) is 0 Å². The predicted octanol–water partition coefficient (Wildman–Crippen LogP) is 2.67. The van der Waals surface area contributed by atoms with Gasteiger partial charge in [0.1, 0.15) is 11.6 Å². The molecule has 12 heteroatoms. The molecule has 1 amide bonds. The van der Waals surface area contributed by atoms with Crippen molar-refractivity contribution in [3.05, 3.63) is 83.9 Å². The monoisotopic (exact) mass is 467 g/mol. The Morgan fingerprint density at radius 2 is 1.42 bits per heavy atom. The van der Waals surface area contributed by atoms with Crippen molar-refractivity contribution >= 4 is 37.3 Å². The molecular weight excluding hydrogens is 452 g/mol. The van der Waals surface area contributed by atoms with E-state index < -0.39 is 42.5 Å². The Balaban J connectivity index is 1.79. The summed E-state index contributed by atoms with van der Waals surface area (Å²) in [6, 6.07) is 12.4. The number of amides is 1. The molecule has 162 valence electrons. The number of sulfonamides is 2. The number of primary sulfonamides is 1. The highest BCUT2D eigenvalue weighted by molar-refractivity contribution is 7.92. The largest absolute Gasteiger partial charge is 0.319 e. The van der Waals surface area contributed by atoms with Crippen LogP contribution >= 0.6 is 0 Å². The maximum atomic E-state index is 14.4. The molecule has 0 heterocycles. The third kappa shape index (κ3) is 5.23. The Hall–Kier alpha value is -3.35. The first-order valence-electron chi connectivity index (χ1n) is 8.48. The van der Waals surface area contributed by atoms with Crippen LogP contribution in [-0.2, 0) is 20.0 Å². The van der Waals surface area contributed by atoms with Crippen LogP contribution in [0, 0.1) is 11.6 Å². The predicted molar refractivity (Wildman–Crippen MR) is 109 cm³/mol. The van der Waals surface area contributed by atoms with Gasteiger partial charge in [-0.15, -0.1) is 0 Å². The molecular formula is C19H15F2N3O5S2. The van der Waals surface area contributed by atoms with E-state index in [1.54, 1.807) is 0 Å². The van der Waals surface area contributed by atoms with Crippen LogP contribution in [0.5, 0.6) is 0 Å². The van der Waals surface area contributed by atoms with Crippen LogP contribution in [0.15, 0.2) is 76.5 Å². The summed E-state index contributed by atoms with van der Waals surface area (Å²) < 4.78 is 77.7. The third-order valence-corrected chi connectivity index (χ3v) is 6.36. The van der Waals surface area contributed by atoms with Gasteiger partial charge < -0.3 is 5.32 Å². The van der Waals surface area contributed by atoms with Crippen LogP contribution in [0.3, 0.4) is 0 Å². The van der Waals surface area contributed by atoms with Crippen LogP contribution in [0.4, 0.5) is 20.2 Å². The Morgan fingerprint density at radius 3 is 2.00 bits per heavy atom. The van der Waals surface area contributed by atoms with Crippen molar-refractivity contribution in [3.8, 4) is 0 Å². The van der Waals surface area contributed by atoms with Gasteiger partial charge in [0.2, 0.25) is 10.0 Å². The number of carbonyl (C=O) groups excluding carboxylic acids is 1. The molecule has 31 heavy (non-hydrogen) atoms. The Bertz CT molecular complexity index is 1360. The first kappa shape index (κ1) is 22.3. The molecule has 0 saturated heterocycles. The SMILES string of the molecule is NS(=O)(=O)c1ccc(NS(=O)(=O)c2ccc(NC(=O)c3ccccc3F)c(F)c2)cc1. The number of benzene rings is 3. The highest BCUT2D eigenvalue weighted by Crippen LogP contribution is 2.23. The first-order valence-corrected chi connectivity index (χ1v) is 11.5. The minimum Gasteiger partial charge on any atom is -0.319 e. The molecule has 4 N–H and O–H groups in total. The van der Waals surface area contributed by atoms with Crippen molar-refractivity contribution in [1.29, 1.82) is 0 Å². The van der Waals surface area contributed by atoms with E-state index in [4.69, 9.17) is 5.14 Å². The van der Waals surface area contributed by atoms with Crippen molar-refractivity contribution in [2.45, 2.75) is 9.79 Å². The second kappa shape index (κ2) is 8.41. The summed E-state index contributed by atoms with van der Waals surface area (Å²) in [5.74, 6) is -2.75. The molecule has 0 fully saturated rings. The molecule has 3 aromatic rings. The van der Waals surface area contributed by atoms with E-state index in [0.29, 0.717) is 6.07 Å². The van der Waals surface area contributed by atoms with Gasteiger partial charge >= 0.3 is 0 Å². The maximum Gasteiger partial charge on any atom is 0.261 e. The second-order valence-corrected chi connectivity index (χ2v) is 9.49. The van der Waals surface area contributed by atoms with Crippen LogP contribution < -0.4 is 15.2 Å². The molecule has 0 spiro atoms. The lowest BCUT2D eigenvalue weighted by molar-refractivity contribution is 0.102. The Kier molecular flexibility index (Phi) is 6.06. The molecule has 0 aliphatic heterocycles. The molecule has 0 aliphatic rings. The smallest absolute Gasteiger partial charge is 0.261 e. The number of anilines is 2. The second-order valence-electron chi connectivity index (χ2n) is 6.25. The molecule has 0 aliphatic carbocycles. The number of nitrogens with two attached hydrogens (primary N) is 1. The summed E-state index contributed by atoms with van der Waals surface area (Å²) in [7, 11) is -8.18. The molecule has 0 saturated carbocycles. The number of rotatable bonds is 6. The Morgan fingerprint density at radius 1 is 0.806 bits per heavy atom. The van der Waals surface area contributed by atoms with E-state index in [9.17, 15) is 30.4 Å². The van der Waals surface area contributed by atoms with Crippen LogP contribution in [0.1, 0.15) is 10.4 Å². The molecule has 0 radical (unpaired) electrons. The molecule has 0 unspecified atom stereocenters. The lowest BCUT2D eigenvalue weighted by Crippen LogP contribution is -2.16. The molecule has 0 bridgehead atoms. The Labute approximate surface area is 176 Å². The number of halogens is 2. The van der Waals surface area contributed by atoms with E-state index in [1.807, 2.05) is 0 Å². The van der Waals surface area contributed by atoms with Gasteiger partial charge in [-0.2, -0.15) is 0 Å². The maximum absolute atomic E-state index is 14.4. The van der Waals surface area contributed by atoms with E-state index in [1.165, 1.54) is 30.3 Å². The summed E-state index contributed by atoms with van der Waals surface area (Å²) in [4.78, 5) is 11.4. The van der Waals surface area contributed by atoms with Gasteiger partial charge in [-0.25, -0.2) is 30.8 Å². The van der Waals surface area contributed by atoms with Crippen molar-refractivity contribution < 1.29 is 30.4 Å².